The van der Waals surface area contributed by atoms with Crippen LogP contribution in [0.4, 0.5) is 0 Å². The zero-order valence-corrected chi connectivity index (χ0v) is 19.0. The first-order valence-electron chi connectivity index (χ1n) is 9.54. The molecule has 0 saturated carbocycles. The Bertz CT molecular complexity index is 985. The van der Waals surface area contributed by atoms with E-state index in [-0.39, 0.29) is 30.5 Å². The Hall–Kier alpha value is -2.17. The molecule has 2 amide bonds. The van der Waals surface area contributed by atoms with Gasteiger partial charge in [-0.05, 0) is 5.57 Å². The minimum absolute atomic E-state index is 0.0287. The van der Waals surface area contributed by atoms with Crippen molar-refractivity contribution < 1.29 is 24.2 Å². The van der Waals surface area contributed by atoms with Gasteiger partial charge in [-0.1, -0.05) is 11.8 Å². The van der Waals surface area contributed by atoms with Crippen molar-refractivity contribution in [3.8, 4) is 5.88 Å². The van der Waals surface area contributed by atoms with Crippen LogP contribution < -0.4 is 11.3 Å². The summed E-state index contributed by atoms with van der Waals surface area (Å²) in [6.07, 6.45) is 1.83. The molecule has 32 heavy (non-hydrogen) atoms. The molecule has 3 N–H and O–H groups in total. The lowest BCUT2D eigenvalue weighted by molar-refractivity contribution is -0.817. The largest absolute Gasteiger partial charge is 0.632 e. The molecule has 1 aromatic rings. The van der Waals surface area contributed by atoms with E-state index in [1.54, 1.807) is 30.8 Å². The SMILES string of the molecule is CO[C@H]1C(=O)N2C=C(CSc3nc(=O)c(O)nn3C)CS[C@@H]12.NC(=O)C1CC[N+]([O-])([O-])C1. The van der Waals surface area contributed by atoms with E-state index in [4.69, 9.17) is 10.5 Å². The summed E-state index contributed by atoms with van der Waals surface area (Å²) in [6, 6.07) is 0. The summed E-state index contributed by atoms with van der Waals surface area (Å²) in [6.45, 7) is -0.233. The van der Waals surface area contributed by atoms with Crippen LogP contribution in [0.3, 0.4) is 0 Å². The van der Waals surface area contributed by atoms with Crippen LogP contribution in [0.2, 0.25) is 0 Å². The number of hydrogen-bond acceptors (Lipinski definition) is 11. The highest BCUT2D eigenvalue weighted by molar-refractivity contribution is 8.01. The number of thioether (sulfide) groups is 2. The van der Waals surface area contributed by atoms with Gasteiger partial charge in [0, 0.05) is 38.3 Å². The molecular weight excluding hydrogens is 464 g/mol. The van der Waals surface area contributed by atoms with Crippen molar-refractivity contribution in [3.05, 3.63) is 32.5 Å². The van der Waals surface area contributed by atoms with Crippen LogP contribution in [-0.2, 0) is 21.4 Å². The maximum absolute atomic E-state index is 11.8. The highest BCUT2D eigenvalue weighted by Crippen LogP contribution is 2.38. The summed E-state index contributed by atoms with van der Waals surface area (Å²) in [7, 11) is 3.15. The molecule has 0 aliphatic carbocycles. The molecule has 3 aliphatic rings. The number of nitrogens with zero attached hydrogens (tertiary/aromatic N) is 5. The fraction of sp³-hybridized carbons (Fsp3) is 0.588. The summed E-state index contributed by atoms with van der Waals surface area (Å²) >= 11 is 3.00. The van der Waals surface area contributed by atoms with Gasteiger partial charge in [0.1, 0.15) is 5.37 Å². The number of ether oxygens (including phenoxy) is 1. The Kier molecular flexibility index (Phi) is 7.46. The van der Waals surface area contributed by atoms with Crippen molar-refractivity contribution in [2.24, 2.45) is 18.7 Å². The fourth-order valence-corrected chi connectivity index (χ4v) is 5.59. The number of hydrogen-bond donors (Lipinski definition) is 2. The second kappa shape index (κ2) is 9.76. The van der Waals surface area contributed by atoms with Gasteiger partial charge in [0.05, 0.1) is 19.0 Å². The van der Waals surface area contributed by atoms with Gasteiger partial charge in [0.15, 0.2) is 11.3 Å². The number of rotatable bonds is 5. The predicted octanol–water partition coefficient (Wildman–Crippen LogP) is -0.909. The van der Waals surface area contributed by atoms with Crippen LogP contribution in [0.5, 0.6) is 5.88 Å². The number of aromatic hydroxyl groups is 1. The van der Waals surface area contributed by atoms with Gasteiger partial charge in [0.2, 0.25) is 5.91 Å². The topological polar surface area (TPSA) is 187 Å². The Morgan fingerprint density at radius 1 is 1.47 bits per heavy atom. The molecule has 13 nitrogen and oxygen atoms in total. The quantitative estimate of drug-likeness (QED) is 0.226. The van der Waals surface area contributed by atoms with Gasteiger partial charge in [0.25, 0.3) is 11.8 Å². The molecule has 176 valence electrons. The fourth-order valence-electron chi connectivity index (χ4n) is 3.31. The minimum Gasteiger partial charge on any atom is -0.632 e. The van der Waals surface area contributed by atoms with E-state index < -0.39 is 28.1 Å². The second-order valence-corrected chi connectivity index (χ2v) is 9.48. The Balaban J connectivity index is 0.000000243. The van der Waals surface area contributed by atoms with Crippen molar-refractivity contribution in [1.82, 2.24) is 19.7 Å². The van der Waals surface area contributed by atoms with Crippen LogP contribution in [0.25, 0.3) is 0 Å². The lowest BCUT2D eigenvalue weighted by Gasteiger charge is -2.46. The zero-order valence-electron chi connectivity index (χ0n) is 17.4. The van der Waals surface area contributed by atoms with E-state index in [0.29, 0.717) is 17.3 Å². The Morgan fingerprint density at radius 2 is 2.19 bits per heavy atom. The maximum atomic E-state index is 11.8. The van der Waals surface area contributed by atoms with Gasteiger partial charge < -0.3 is 35.7 Å². The van der Waals surface area contributed by atoms with Crippen molar-refractivity contribution in [3.63, 3.8) is 0 Å². The molecule has 2 fully saturated rings. The molecule has 3 aliphatic heterocycles. The molecule has 2 saturated heterocycles. The molecule has 1 aromatic heterocycles. The van der Waals surface area contributed by atoms with Gasteiger partial charge >= 0.3 is 5.56 Å². The molecule has 4 heterocycles. The number of β-lactam (4-membered cyclic amide) rings is 1. The van der Waals surface area contributed by atoms with Gasteiger partial charge in [-0.25, -0.2) is 4.68 Å². The van der Waals surface area contributed by atoms with Crippen LogP contribution in [0.1, 0.15) is 6.42 Å². The van der Waals surface area contributed by atoms with Crippen LogP contribution in [0.15, 0.2) is 21.7 Å². The molecule has 0 bridgehead atoms. The predicted molar refractivity (Wildman–Crippen MR) is 116 cm³/mol. The first-order chi connectivity index (χ1) is 15.0. The number of primary amides is 1. The zero-order chi connectivity index (χ0) is 23.6. The van der Waals surface area contributed by atoms with Crippen molar-refractivity contribution >= 4 is 35.3 Å². The van der Waals surface area contributed by atoms with E-state index in [1.165, 1.54) is 16.4 Å². The molecule has 4 rings (SSSR count). The van der Waals surface area contributed by atoms with Crippen molar-refractivity contribution in [2.45, 2.75) is 23.1 Å². The number of amides is 2. The first-order valence-corrected chi connectivity index (χ1v) is 11.6. The van der Waals surface area contributed by atoms with Crippen molar-refractivity contribution in [1.29, 1.82) is 0 Å². The average molecular weight is 488 g/mol. The number of hydroxylamine groups is 4. The Morgan fingerprint density at radius 3 is 2.75 bits per heavy atom. The summed E-state index contributed by atoms with van der Waals surface area (Å²) in [5.41, 5.74) is 5.22. The highest BCUT2D eigenvalue weighted by atomic mass is 32.2. The van der Waals surface area contributed by atoms with Crippen LogP contribution in [-0.4, -0.2) is 84.6 Å². The molecule has 0 aromatic carbocycles. The number of fused-ring (bicyclic) bond motifs is 1. The second-order valence-electron chi connectivity index (χ2n) is 7.43. The summed E-state index contributed by atoms with van der Waals surface area (Å²) in [5.74, 6) is -0.297. The third kappa shape index (κ3) is 5.41. The average Bonchev–Trinajstić information content (AvgIpc) is 3.11. The number of methoxy groups -OCH3 is 1. The minimum atomic E-state index is -1.56. The van der Waals surface area contributed by atoms with Gasteiger partial charge in [-0.2, -0.15) is 4.98 Å². The summed E-state index contributed by atoms with van der Waals surface area (Å²) in [5, 5.41) is 34.5. The first kappa shape index (κ1) is 24.5. The third-order valence-corrected chi connectivity index (χ3v) is 7.54. The Labute approximate surface area is 191 Å². The number of quaternary nitrogens is 1. The lowest BCUT2D eigenvalue weighted by Crippen LogP contribution is -2.62. The standard InChI is InChI=1S/C12H14N4O4S2.C5H9N2O3/c1-15-12(13-8(17)9(18)14-15)22-5-6-3-16-10(19)7(20-2)11(16)21-4-6;6-5(8)4-1-2-7(9,10)3-4/h3,7,11H,4-5H2,1-2H3,(H,14,18);4H,1-3H2,(H2,6,8)/q;-1/t7-,11-;/m0./s1. The van der Waals surface area contributed by atoms with Crippen LogP contribution in [0, 0.1) is 16.3 Å². The van der Waals surface area contributed by atoms with E-state index >= 15 is 0 Å². The lowest BCUT2D eigenvalue weighted by atomic mass is 10.1. The highest BCUT2D eigenvalue weighted by Gasteiger charge is 2.48. The number of aromatic nitrogens is 3. The van der Waals surface area contributed by atoms with Crippen LogP contribution >= 0.6 is 23.5 Å². The molecular formula is C17H23N6O7S2-. The van der Waals surface area contributed by atoms with E-state index in [2.05, 4.69) is 10.1 Å². The van der Waals surface area contributed by atoms with Crippen molar-refractivity contribution in [2.75, 3.05) is 31.7 Å². The molecule has 1 unspecified atom stereocenters. The summed E-state index contributed by atoms with van der Waals surface area (Å²) < 4.78 is 6.50. The monoisotopic (exact) mass is 487 g/mol. The summed E-state index contributed by atoms with van der Waals surface area (Å²) in [4.78, 5) is 37.5. The maximum Gasteiger partial charge on any atom is 0.336 e. The molecule has 0 radical (unpaired) electrons. The number of aryl methyl sites for hydroxylation is 1. The molecule has 0 spiro atoms. The normalized spacial score (nSPS) is 25.9. The smallest absolute Gasteiger partial charge is 0.336 e. The number of carbonyl (C=O) groups is 2. The third-order valence-electron chi connectivity index (χ3n) is 5.06. The van der Waals surface area contributed by atoms with E-state index in [9.17, 15) is 29.9 Å². The van der Waals surface area contributed by atoms with E-state index in [1.807, 2.05) is 6.20 Å². The van der Waals surface area contributed by atoms with E-state index in [0.717, 1.165) is 11.3 Å². The molecule has 15 heteroatoms. The van der Waals surface area contributed by atoms with Gasteiger partial charge in [-0.15, -0.1) is 16.9 Å². The number of carbonyl (C=O) groups excluding carboxylic acids is 2. The molecule has 3 atom stereocenters. The van der Waals surface area contributed by atoms with Gasteiger partial charge in [-0.3, -0.25) is 14.4 Å². The number of nitrogens with two attached hydrogens (primary N) is 1.